The predicted molar refractivity (Wildman–Crippen MR) is 145 cm³/mol. The Labute approximate surface area is 202 Å². The van der Waals surface area contributed by atoms with Gasteiger partial charge in [-0.1, -0.05) is 67.2 Å². The number of nitrogens with one attached hydrogen (secondary N) is 1. The van der Waals surface area contributed by atoms with Crippen molar-refractivity contribution in [2.75, 3.05) is 0 Å². The third-order valence-electron chi connectivity index (χ3n) is 8.78. The molecule has 34 heavy (non-hydrogen) atoms. The van der Waals surface area contributed by atoms with Crippen molar-refractivity contribution in [3.8, 4) is 0 Å². The van der Waals surface area contributed by atoms with E-state index in [9.17, 15) is 0 Å². The molecule has 2 nitrogen and oxygen atoms in total. The Morgan fingerprint density at radius 1 is 0.941 bits per heavy atom. The zero-order valence-electron chi connectivity index (χ0n) is 20.1. The van der Waals surface area contributed by atoms with E-state index >= 15 is 0 Å². The Balaban J connectivity index is 1.35. The highest BCUT2D eigenvalue weighted by Crippen LogP contribution is 2.52. The summed E-state index contributed by atoms with van der Waals surface area (Å²) in [5.41, 5.74) is 8.39. The maximum atomic E-state index is 3.91. The van der Waals surface area contributed by atoms with Crippen LogP contribution in [-0.2, 0) is 0 Å². The van der Waals surface area contributed by atoms with Gasteiger partial charge in [0.1, 0.15) is 0 Å². The molecule has 4 aliphatic rings. The Kier molecular flexibility index (Phi) is 4.45. The van der Waals surface area contributed by atoms with E-state index in [1.165, 1.54) is 44.2 Å². The number of hydrogen-bond donors (Lipinski definition) is 1. The molecule has 0 bridgehead atoms. The number of aromatic nitrogens is 1. The number of rotatable bonds is 2. The summed E-state index contributed by atoms with van der Waals surface area (Å²) in [7, 11) is 0. The second-order valence-electron chi connectivity index (χ2n) is 10.9. The lowest BCUT2D eigenvalue weighted by Crippen LogP contribution is -2.38. The highest BCUT2D eigenvalue weighted by molar-refractivity contribution is 6.11. The lowest BCUT2D eigenvalue weighted by Gasteiger charge is -2.39. The number of aryl methyl sites for hydroxylation is 1. The lowest BCUT2D eigenvalue weighted by atomic mass is 9.64. The maximum absolute atomic E-state index is 3.91. The van der Waals surface area contributed by atoms with Gasteiger partial charge < -0.3 is 9.88 Å². The molecule has 7 rings (SSSR count). The fourth-order valence-corrected chi connectivity index (χ4v) is 6.97. The zero-order valence-corrected chi connectivity index (χ0v) is 20.1. The molecule has 0 spiro atoms. The summed E-state index contributed by atoms with van der Waals surface area (Å²) < 4.78 is 2.46. The first kappa shape index (κ1) is 20.3. The van der Waals surface area contributed by atoms with E-state index in [1.807, 2.05) is 0 Å². The standard InChI is InChI=1S/C32H32N2/c1-21-12-15-29-25(18-21)26-19-22(13-16-30(26)34(29)24-8-4-3-5-9-24)23-14-17-31-32(2,20-23)27-10-6-7-11-28(27)33-31/h4,6-16,18-19,27-28,31,33H,3,5,17,20H2,1-2H3. The van der Waals surface area contributed by atoms with Gasteiger partial charge >= 0.3 is 0 Å². The van der Waals surface area contributed by atoms with Gasteiger partial charge in [0.2, 0.25) is 0 Å². The Hall–Kier alpha value is -3.10. The topological polar surface area (TPSA) is 17.0 Å². The largest absolute Gasteiger partial charge is 0.310 e. The van der Waals surface area contributed by atoms with E-state index in [2.05, 4.69) is 109 Å². The van der Waals surface area contributed by atoms with Crippen LogP contribution in [0.2, 0.25) is 0 Å². The van der Waals surface area contributed by atoms with Crippen LogP contribution in [0.25, 0.3) is 33.1 Å². The van der Waals surface area contributed by atoms with Gasteiger partial charge in [-0.25, -0.2) is 0 Å². The van der Waals surface area contributed by atoms with Crippen LogP contribution in [-0.4, -0.2) is 16.7 Å². The molecule has 0 radical (unpaired) electrons. The number of hydrogen-bond acceptors (Lipinski definition) is 1. The van der Waals surface area contributed by atoms with Crippen molar-refractivity contribution in [2.45, 2.75) is 51.6 Å². The van der Waals surface area contributed by atoms with Crippen molar-refractivity contribution in [1.82, 2.24) is 9.88 Å². The van der Waals surface area contributed by atoms with Gasteiger partial charge in [-0.2, -0.15) is 0 Å². The van der Waals surface area contributed by atoms with Crippen molar-refractivity contribution in [3.63, 3.8) is 0 Å². The Morgan fingerprint density at radius 3 is 2.62 bits per heavy atom. The molecule has 0 saturated carbocycles. The van der Waals surface area contributed by atoms with E-state index < -0.39 is 0 Å². The highest BCUT2D eigenvalue weighted by Gasteiger charge is 2.51. The van der Waals surface area contributed by atoms with E-state index in [0.29, 0.717) is 18.0 Å². The summed E-state index contributed by atoms with van der Waals surface area (Å²) in [4.78, 5) is 0. The smallest absolute Gasteiger partial charge is 0.0541 e. The summed E-state index contributed by atoms with van der Waals surface area (Å²) in [5.74, 6) is 0.574. The molecular weight excluding hydrogens is 412 g/mol. The predicted octanol–water partition coefficient (Wildman–Crippen LogP) is 7.56. The Bertz CT molecular complexity index is 1470. The summed E-state index contributed by atoms with van der Waals surface area (Å²) in [6, 6.07) is 15.1. The molecule has 0 amide bonds. The number of fused-ring (bicyclic) bond motifs is 6. The molecule has 3 aliphatic carbocycles. The van der Waals surface area contributed by atoms with E-state index in [-0.39, 0.29) is 5.41 Å². The van der Waals surface area contributed by atoms with Gasteiger partial charge in [0.05, 0.1) is 11.0 Å². The monoisotopic (exact) mass is 444 g/mol. The lowest BCUT2D eigenvalue weighted by molar-refractivity contribution is 0.230. The van der Waals surface area contributed by atoms with Crippen molar-refractivity contribution in [1.29, 1.82) is 0 Å². The fourth-order valence-electron chi connectivity index (χ4n) is 6.97. The molecule has 1 aromatic heterocycles. The van der Waals surface area contributed by atoms with Crippen molar-refractivity contribution in [2.24, 2.45) is 11.3 Å². The minimum Gasteiger partial charge on any atom is -0.310 e. The first-order valence-electron chi connectivity index (χ1n) is 12.8. The fraction of sp³-hybridized carbons (Fsp3) is 0.312. The van der Waals surface area contributed by atoms with Crippen LogP contribution < -0.4 is 5.32 Å². The number of benzene rings is 2. The quantitative estimate of drug-likeness (QED) is 0.431. The molecule has 1 fully saturated rings. The van der Waals surface area contributed by atoms with Crippen LogP contribution in [0.15, 0.2) is 85.0 Å². The van der Waals surface area contributed by atoms with Crippen LogP contribution in [0.5, 0.6) is 0 Å². The first-order valence-corrected chi connectivity index (χ1v) is 12.8. The average Bonchev–Trinajstić information content (AvgIpc) is 3.35. The van der Waals surface area contributed by atoms with Gasteiger partial charge in [-0.15, -0.1) is 0 Å². The SMILES string of the molecule is Cc1ccc2c(c1)c1cc(C3=CCC4NC5C=CC=CC5C4(C)C3)ccc1n2C1=CCCC=C1. The molecule has 2 aromatic carbocycles. The molecule has 1 saturated heterocycles. The van der Waals surface area contributed by atoms with Gasteiger partial charge in [0, 0.05) is 34.5 Å². The first-order chi connectivity index (χ1) is 16.6. The van der Waals surface area contributed by atoms with Crippen molar-refractivity contribution < 1.29 is 0 Å². The molecule has 1 N–H and O–H groups in total. The third-order valence-corrected chi connectivity index (χ3v) is 8.78. The molecule has 4 unspecified atom stereocenters. The van der Waals surface area contributed by atoms with Gasteiger partial charge in [0.25, 0.3) is 0 Å². The maximum Gasteiger partial charge on any atom is 0.0541 e. The van der Waals surface area contributed by atoms with Crippen LogP contribution in [0, 0.1) is 18.3 Å². The second kappa shape index (κ2) is 7.45. The number of nitrogens with zero attached hydrogens (tertiary/aromatic N) is 1. The van der Waals surface area contributed by atoms with Crippen molar-refractivity contribution >= 4 is 33.1 Å². The van der Waals surface area contributed by atoms with Gasteiger partial charge in [-0.05, 0) is 79.5 Å². The molecule has 4 atom stereocenters. The van der Waals surface area contributed by atoms with E-state index in [4.69, 9.17) is 0 Å². The molecule has 1 aliphatic heterocycles. The Morgan fingerprint density at radius 2 is 1.76 bits per heavy atom. The molecule has 2 heterocycles. The second-order valence-corrected chi connectivity index (χ2v) is 10.9. The molecule has 3 aromatic rings. The molecule has 2 heteroatoms. The zero-order chi connectivity index (χ0) is 22.9. The summed E-state index contributed by atoms with van der Waals surface area (Å²) >= 11 is 0. The third kappa shape index (κ3) is 2.91. The molecule has 170 valence electrons. The minimum absolute atomic E-state index is 0.257. The van der Waals surface area contributed by atoms with E-state index in [0.717, 1.165) is 25.7 Å². The van der Waals surface area contributed by atoms with Crippen LogP contribution >= 0.6 is 0 Å². The summed E-state index contributed by atoms with van der Waals surface area (Å²) in [6.07, 6.45) is 23.2. The molecular formula is C32H32N2. The summed E-state index contributed by atoms with van der Waals surface area (Å²) in [5, 5.41) is 6.64. The van der Waals surface area contributed by atoms with Crippen LogP contribution in [0.1, 0.15) is 43.7 Å². The van der Waals surface area contributed by atoms with Gasteiger partial charge in [0.15, 0.2) is 0 Å². The van der Waals surface area contributed by atoms with Crippen LogP contribution in [0.3, 0.4) is 0 Å². The summed E-state index contributed by atoms with van der Waals surface area (Å²) in [6.45, 7) is 4.70. The van der Waals surface area contributed by atoms with Crippen molar-refractivity contribution in [3.05, 3.63) is 96.1 Å². The highest BCUT2D eigenvalue weighted by atomic mass is 15.0. The van der Waals surface area contributed by atoms with Gasteiger partial charge in [-0.3, -0.25) is 0 Å². The van der Waals surface area contributed by atoms with Crippen LogP contribution in [0.4, 0.5) is 0 Å². The minimum atomic E-state index is 0.257. The average molecular weight is 445 g/mol. The number of allylic oxidation sites excluding steroid dienone is 7. The normalized spacial score (nSPS) is 29.9. The van der Waals surface area contributed by atoms with E-state index in [1.54, 1.807) is 0 Å².